The molecule has 1 unspecified atom stereocenters. The largest absolute Gasteiger partial charge is 0.349 e. The monoisotopic (exact) mass is 171 g/mol. The van der Waals surface area contributed by atoms with Crippen LogP contribution in [0.3, 0.4) is 0 Å². The van der Waals surface area contributed by atoms with Crippen molar-refractivity contribution >= 4 is 5.91 Å². The molecule has 12 heavy (non-hydrogen) atoms. The van der Waals surface area contributed by atoms with Gasteiger partial charge in [-0.2, -0.15) is 0 Å². The van der Waals surface area contributed by atoms with Crippen LogP contribution in [0.25, 0.3) is 0 Å². The number of hydrogen-bond acceptors (Lipinski definition) is 3. The molecule has 1 fully saturated rings. The lowest BCUT2D eigenvalue weighted by atomic mass is 10.1. The predicted octanol–water partition coefficient (Wildman–Crippen LogP) is -0.197. The highest BCUT2D eigenvalue weighted by Gasteiger charge is 2.24. The maximum absolute atomic E-state index is 11.3. The average molecular weight is 171 g/mol. The first-order chi connectivity index (χ1) is 5.61. The number of amides is 1. The molecule has 1 aliphatic rings. The van der Waals surface area contributed by atoms with Crippen molar-refractivity contribution in [3.05, 3.63) is 0 Å². The van der Waals surface area contributed by atoms with Crippen LogP contribution in [-0.2, 0) is 4.79 Å². The molecule has 2 N–H and O–H groups in total. The fraction of sp³-hybridized carbons (Fsp3) is 0.875. The lowest BCUT2D eigenvalue weighted by Gasteiger charge is -2.20. The first-order valence-corrected chi connectivity index (χ1v) is 4.32. The standard InChI is InChI=1S/C8H17N3O/c1-10(2)8(12)6-7-4-3-5-11(7)9/h7H,3-6,9H2,1-2H3. The van der Waals surface area contributed by atoms with Crippen molar-refractivity contribution < 1.29 is 4.79 Å². The maximum atomic E-state index is 11.3. The second-order valence-electron chi connectivity index (χ2n) is 3.53. The van der Waals surface area contributed by atoms with Crippen molar-refractivity contribution in [2.24, 2.45) is 5.84 Å². The summed E-state index contributed by atoms with van der Waals surface area (Å²) in [6.45, 7) is 0.922. The summed E-state index contributed by atoms with van der Waals surface area (Å²) < 4.78 is 0. The molecule has 1 heterocycles. The van der Waals surface area contributed by atoms with Crippen LogP contribution in [0.1, 0.15) is 19.3 Å². The third kappa shape index (κ3) is 2.19. The number of nitrogens with zero attached hydrogens (tertiary/aromatic N) is 2. The molecule has 1 amide bonds. The van der Waals surface area contributed by atoms with E-state index < -0.39 is 0 Å². The molecule has 0 aromatic rings. The summed E-state index contributed by atoms with van der Waals surface area (Å²) in [6, 6.07) is 0.264. The van der Waals surface area contributed by atoms with Crippen LogP contribution in [0.4, 0.5) is 0 Å². The Hall–Kier alpha value is -0.610. The third-order valence-corrected chi connectivity index (χ3v) is 2.33. The molecule has 1 rings (SSSR count). The first kappa shape index (κ1) is 9.48. The van der Waals surface area contributed by atoms with Crippen molar-refractivity contribution in [1.82, 2.24) is 9.91 Å². The Bertz CT molecular complexity index is 170. The second-order valence-corrected chi connectivity index (χ2v) is 3.53. The topological polar surface area (TPSA) is 49.6 Å². The van der Waals surface area contributed by atoms with Gasteiger partial charge in [0.1, 0.15) is 0 Å². The Kier molecular flexibility index (Phi) is 3.05. The second kappa shape index (κ2) is 3.87. The van der Waals surface area contributed by atoms with E-state index in [2.05, 4.69) is 0 Å². The van der Waals surface area contributed by atoms with Gasteiger partial charge in [-0.3, -0.25) is 10.6 Å². The summed E-state index contributed by atoms with van der Waals surface area (Å²) in [5, 5.41) is 1.78. The van der Waals surface area contributed by atoms with Crippen LogP contribution in [0.15, 0.2) is 0 Å². The minimum atomic E-state index is 0.164. The summed E-state index contributed by atoms with van der Waals surface area (Å²) >= 11 is 0. The summed E-state index contributed by atoms with van der Waals surface area (Å²) in [6.07, 6.45) is 2.72. The molecule has 0 aromatic heterocycles. The lowest BCUT2D eigenvalue weighted by Crippen LogP contribution is -2.39. The van der Waals surface area contributed by atoms with Gasteiger partial charge in [0.15, 0.2) is 0 Å². The third-order valence-electron chi connectivity index (χ3n) is 2.33. The molecule has 0 radical (unpaired) electrons. The molecule has 1 atom stereocenters. The summed E-state index contributed by atoms with van der Waals surface area (Å²) in [5.74, 6) is 5.85. The Morgan fingerprint density at radius 1 is 1.67 bits per heavy atom. The van der Waals surface area contributed by atoms with Crippen molar-refractivity contribution in [1.29, 1.82) is 0 Å². The van der Waals surface area contributed by atoms with E-state index in [1.807, 2.05) is 0 Å². The van der Waals surface area contributed by atoms with Gasteiger partial charge in [-0.25, -0.2) is 5.01 Å². The zero-order chi connectivity index (χ0) is 9.14. The number of hydrogen-bond donors (Lipinski definition) is 1. The molecule has 1 saturated heterocycles. The number of hydrazine groups is 1. The quantitative estimate of drug-likeness (QED) is 0.585. The molecule has 4 nitrogen and oxygen atoms in total. The SMILES string of the molecule is CN(C)C(=O)CC1CCCN1N. The van der Waals surface area contributed by atoms with Crippen LogP contribution in [0.5, 0.6) is 0 Å². The lowest BCUT2D eigenvalue weighted by molar-refractivity contribution is -0.129. The van der Waals surface area contributed by atoms with Gasteiger partial charge in [0.05, 0.1) is 0 Å². The van der Waals surface area contributed by atoms with Gasteiger partial charge in [0, 0.05) is 33.1 Å². The van der Waals surface area contributed by atoms with Gasteiger partial charge in [-0.15, -0.1) is 0 Å². The summed E-state index contributed by atoms with van der Waals surface area (Å²) in [4.78, 5) is 12.9. The summed E-state index contributed by atoms with van der Waals surface area (Å²) in [7, 11) is 3.55. The maximum Gasteiger partial charge on any atom is 0.223 e. The van der Waals surface area contributed by atoms with Gasteiger partial charge >= 0.3 is 0 Å². The van der Waals surface area contributed by atoms with E-state index in [4.69, 9.17) is 5.84 Å². The molecular weight excluding hydrogens is 154 g/mol. The van der Waals surface area contributed by atoms with Gasteiger partial charge in [-0.05, 0) is 12.8 Å². The molecule has 4 heteroatoms. The Balaban J connectivity index is 2.35. The number of carbonyl (C=O) groups is 1. The van der Waals surface area contributed by atoms with Gasteiger partial charge in [0.2, 0.25) is 5.91 Å². The molecule has 0 saturated carbocycles. The van der Waals surface area contributed by atoms with Crippen LogP contribution in [0, 0.1) is 0 Å². The number of nitrogens with two attached hydrogens (primary N) is 1. The molecule has 0 spiro atoms. The minimum Gasteiger partial charge on any atom is -0.349 e. The van der Waals surface area contributed by atoms with E-state index in [1.165, 1.54) is 0 Å². The van der Waals surface area contributed by atoms with Gasteiger partial charge in [0.25, 0.3) is 0 Å². The van der Waals surface area contributed by atoms with Crippen molar-refractivity contribution in [2.75, 3.05) is 20.6 Å². The van der Waals surface area contributed by atoms with E-state index in [0.29, 0.717) is 6.42 Å². The highest BCUT2D eigenvalue weighted by molar-refractivity contribution is 5.76. The average Bonchev–Trinajstić information content (AvgIpc) is 2.36. The number of rotatable bonds is 2. The smallest absolute Gasteiger partial charge is 0.223 e. The van der Waals surface area contributed by atoms with Crippen LogP contribution < -0.4 is 5.84 Å². The van der Waals surface area contributed by atoms with Gasteiger partial charge in [-0.1, -0.05) is 0 Å². The zero-order valence-electron chi connectivity index (χ0n) is 7.79. The Labute approximate surface area is 73.3 Å². The van der Waals surface area contributed by atoms with E-state index in [9.17, 15) is 4.79 Å². The molecular formula is C8H17N3O. The van der Waals surface area contributed by atoms with Crippen molar-refractivity contribution in [3.63, 3.8) is 0 Å². The highest BCUT2D eigenvalue weighted by atomic mass is 16.2. The van der Waals surface area contributed by atoms with E-state index >= 15 is 0 Å². The number of carbonyl (C=O) groups excluding carboxylic acids is 1. The highest BCUT2D eigenvalue weighted by Crippen LogP contribution is 2.16. The Morgan fingerprint density at radius 2 is 2.33 bits per heavy atom. The minimum absolute atomic E-state index is 0.164. The normalized spacial score (nSPS) is 24.4. The van der Waals surface area contributed by atoms with Crippen LogP contribution in [0.2, 0.25) is 0 Å². The fourth-order valence-electron chi connectivity index (χ4n) is 1.46. The summed E-state index contributed by atoms with van der Waals surface area (Å²) in [5.41, 5.74) is 0. The zero-order valence-corrected chi connectivity index (χ0v) is 7.79. The Morgan fingerprint density at radius 3 is 2.75 bits per heavy atom. The van der Waals surface area contributed by atoms with E-state index in [-0.39, 0.29) is 11.9 Å². The predicted molar refractivity (Wildman–Crippen MR) is 47.2 cm³/mol. The van der Waals surface area contributed by atoms with Gasteiger partial charge < -0.3 is 4.90 Å². The first-order valence-electron chi connectivity index (χ1n) is 4.32. The van der Waals surface area contributed by atoms with Crippen LogP contribution in [-0.4, -0.2) is 42.5 Å². The molecule has 70 valence electrons. The molecule has 0 aliphatic carbocycles. The molecule has 0 aromatic carbocycles. The molecule has 0 bridgehead atoms. The van der Waals surface area contributed by atoms with E-state index in [1.54, 1.807) is 24.0 Å². The fourth-order valence-corrected chi connectivity index (χ4v) is 1.46. The van der Waals surface area contributed by atoms with Crippen molar-refractivity contribution in [3.8, 4) is 0 Å². The van der Waals surface area contributed by atoms with E-state index in [0.717, 1.165) is 19.4 Å². The van der Waals surface area contributed by atoms with Crippen molar-refractivity contribution in [2.45, 2.75) is 25.3 Å². The van der Waals surface area contributed by atoms with Crippen LogP contribution >= 0.6 is 0 Å². The molecule has 1 aliphatic heterocycles.